The van der Waals surface area contributed by atoms with Crippen LogP contribution in [0.2, 0.25) is 0 Å². The third kappa shape index (κ3) is 3.22. The van der Waals surface area contributed by atoms with Gasteiger partial charge in [-0.15, -0.1) is 11.8 Å². The minimum Gasteiger partial charge on any atom is -0.383 e. The van der Waals surface area contributed by atoms with Crippen molar-refractivity contribution < 1.29 is 0 Å². The number of benzene rings is 1. The largest absolute Gasteiger partial charge is 0.383 e. The zero-order valence-corrected chi connectivity index (χ0v) is 14.1. The number of nitrogen functional groups attached to an aromatic ring is 1. The van der Waals surface area contributed by atoms with E-state index in [1.165, 1.54) is 19.3 Å². The average Bonchev–Trinajstić information content (AvgIpc) is 2.63. The van der Waals surface area contributed by atoms with Crippen LogP contribution in [0, 0.1) is 22.7 Å². The number of hydrogen-bond donors (Lipinski definition) is 1. The van der Waals surface area contributed by atoms with Crippen molar-refractivity contribution in [1.82, 2.24) is 4.98 Å². The van der Waals surface area contributed by atoms with Crippen molar-refractivity contribution in [2.24, 2.45) is 0 Å². The van der Waals surface area contributed by atoms with E-state index in [1.807, 2.05) is 30.3 Å². The van der Waals surface area contributed by atoms with Crippen LogP contribution in [0.25, 0.3) is 11.1 Å². The summed E-state index contributed by atoms with van der Waals surface area (Å²) in [6.07, 6.45) is 5.99. The van der Waals surface area contributed by atoms with E-state index in [4.69, 9.17) is 5.73 Å². The molecule has 5 heteroatoms. The minimum absolute atomic E-state index is 0.202. The van der Waals surface area contributed by atoms with Crippen molar-refractivity contribution in [3.8, 4) is 23.3 Å². The molecule has 0 aliphatic heterocycles. The number of nitrogens with zero attached hydrogens (tertiary/aromatic N) is 3. The lowest BCUT2D eigenvalue weighted by Gasteiger charge is -2.22. The minimum atomic E-state index is 0.202. The lowest BCUT2D eigenvalue weighted by Crippen LogP contribution is -2.10. The summed E-state index contributed by atoms with van der Waals surface area (Å²) >= 11 is 1.63. The smallest absolute Gasteiger partial charge is 0.143 e. The summed E-state index contributed by atoms with van der Waals surface area (Å²) in [7, 11) is 0. The summed E-state index contributed by atoms with van der Waals surface area (Å²) in [5.74, 6) is 0.202. The number of nitriles is 2. The second-order valence-corrected chi connectivity index (χ2v) is 7.18. The maximum absolute atomic E-state index is 9.75. The number of hydrogen-bond acceptors (Lipinski definition) is 5. The molecule has 0 unspecified atom stereocenters. The normalized spacial score (nSPS) is 14.8. The van der Waals surface area contributed by atoms with Gasteiger partial charge in [0.2, 0.25) is 0 Å². The number of anilines is 1. The van der Waals surface area contributed by atoms with Crippen LogP contribution < -0.4 is 5.73 Å². The lowest BCUT2D eigenvalue weighted by molar-refractivity contribution is 0.515. The SMILES string of the molecule is N#Cc1c(N)nc(SC2CCCCC2)c(C#N)c1-c1ccccc1. The molecule has 1 saturated carbocycles. The van der Waals surface area contributed by atoms with Crippen molar-refractivity contribution in [1.29, 1.82) is 10.5 Å². The molecular formula is C19H18N4S. The highest BCUT2D eigenvalue weighted by Crippen LogP contribution is 2.39. The van der Waals surface area contributed by atoms with E-state index in [1.54, 1.807) is 11.8 Å². The van der Waals surface area contributed by atoms with E-state index in [2.05, 4.69) is 17.1 Å². The van der Waals surface area contributed by atoms with Crippen LogP contribution in [-0.4, -0.2) is 10.2 Å². The first-order chi connectivity index (χ1) is 11.7. The Morgan fingerprint density at radius 3 is 2.29 bits per heavy atom. The summed E-state index contributed by atoms with van der Waals surface area (Å²) in [6, 6.07) is 13.9. The second-order valence-electron chi connectivity index (χ2n) is 5.89. The van der Waals surface area contributed by atoms with Crippen molar-refractivity contribution in [3.05, 3.63) is 41.5 Å². The van der Waals surface area contributed by atoms with Gasteiger partial charge in [-0.1, -0.05) is 49.6 Å². The first-order valence-electron chi connectivity index (χ1n) is 8.10. The monoisotopic (exact) mass is 334 g/mol. The Morgan fingerprint density at radius 2 is 1.67 bits per heavy atom. The molecule has 0 amide bonds. The molecular weight excluding hydrogens is 316 g/mol. The molecule has 24 heavy (non-hydrogen) atoms. The summed E-state index contributed by atoms with van der Waals surface area (Å²) in [4.78, 5) is 4.39. The molecule has 1 aromatic heterocycles. The van der Waals surface area contributed by atoms with Gasteiger partial charge in [0, 0.05) is 10.8 Å². The molecule has 1 heterocycles. The molecule has 1 aliphatic carbocycles. The van der Waals surface area contributed by atoms with Crippen molar-refractivity contribution in [2.75, 3.05) is 5.73 Å². The van der Waals surface area contributed by atoms with Crippen LogP contribution in [0.5, 0.6) is 0 Å². The first kappa shape index (κ1) is 16.4. The number of nitrogens with two attached hydrogens (primary N) is 1. The van der Waals surface area contributed by atoms with Crippen LogP contribution in [0.4, 0.5) is 5.82 Å². The highest BCUT2D eigenvalue weighted by Gasteiger charge is 2.23. The van der Waals surface area contributed by atoms with Crippen molar-refractivity contribution in [2.45, 2.75) is 42.4 Å². The fourth-order valence-electron chi connectivity index (χ4n) is 3.12. The number of pyridine rings is 1. The van der Waals surface area contributed by atoms with Gasteiger partial charge in [-0.05, 0) is 18.4 Å². The van der Waals surface area contributed by atoms with E-state index in [9.17, 15) is 10.5 Å². The third-order valence-electron chi connectivity index (χ3n) is 4.31. The first-order valence-corrected chi connectivity index (χ1v) is 8.98. The highest BCUT2D eigenvalue weighted by atomic mass is 32.2. The van der Waals surface area contributed by atoms with Crippen LogP contribution in [0.1, 0.15) is 43.2 Å². The number of rotatable bonds is 3. The fourth-order valence-corrected chi connectivity index (χ4v) is 4.42. The summed E-state index contributed by atoms with van der Waals surface area (Å²) in [5.41, 5.74) is 8.21. The molecule has 0 radical (unpaired) electrons. The molecule has 0 spiro atoms. The molecule has 0 atom stereocenters. The van der Waals surface area contributed by atoms with Crippen LogP contribution in [-0.2, 0) is 0 Å². The molecule has 1 aliphatic rings. The molecule has 0 saturated heterocycles. The molecule has 3 rings (SSSR count). The Balaban J connectivity index is 2.12. The second kappa shape index (κ2) is 7.38. The van der Waals surface area contributed by atoms with Gasteiger partial charge in [0.1, 0.15) is 28.5 Å². The van der Waals surface area contributed by atoms with Gasteiger partial charge in [0.25, 0.3) is 0 Å². The van der Waals surface area contributed by atoms with Gasteiger partial charge in [-0.25, -0.2) is 4.98 Å². The van der Waals surface area contributed by atoms with Crippen LogP contribution >= 0.6 is 11.8 Å². The van der Waals surface area contributed by atoms with Crippen LogP contribution in [0.15, 0.2) is 35.4 Å². The van der Waals surface area contributed by atoms with Gasteiger partial charge in [0.15, 0.2) is 0 Å². The predicted molar refractivity (Wildman–Crippen MR) is 96.2 cm³/mol. The molecule has 1 fully saturated rings. The number of aromatic nitrogens is 1. The van der Waals surface area contributed by atoms with E-state index in [-0.39, 0.29) is 11.4 Å². The quantitative estimate of drug-likeness (QED) is 0.893. The Labute approximate surface area is 146 Å². The van der Waals surface area contributed by atoms with Gasteiger partial charge in [0.05, 0.1) is 5.56 Å². The van der Waals surface area contributed by atoms with E-state index in [0.717, 1.165) is 18.4 Å². The predicted octanol–water partition coefficient (Wildman–Crippen LogP) is 4.50. The van der Waals surface area contributed by atoms with Crippen molar-refractivity contribution in [3.63, 3.8) is 0 Å². The standard InChI is InChI=1S/C19H18N4S/c20-11-15-17(13-7-3-1-4-8-13)16(12-21)19(23-18(15)22)24-14-9-5-2-6-10-14/h1,3-4,7-8,14H,2,5-6,9-10H2,(H2,22,23). The van der Waals surface area contributed by atoms with Crippen LogP contribution in [0.3, 0.4) is 0 Å². The highest BCUT2D eigenvalue weighted by molar-refractivity contribution is 7.99. The lowest BCUT2D eigenvalue weighted by atomic mass is 9.97. The van der Waals surface area contributed by atoms with Gasteiger partial charge < -0.3 is 5.73 Å². The Kier molecular flexibility index (Phi) is 5.03. The molecule has 0 bridgehead atoms. The van der Waals surface area contributed by atoms with Crippen molar-refractivity contribution >= 4 is 17.6 Å². The maximum Gasteiger partial charge on any atom is 0.143 e. The van der Waals surface area contributed by atoms with Gasteiger partial charge in [-0.3, -0.25) is 0 Å². The van der Waals surface area contributed by atoms with E-state index in [0.29, 0.717) is 21.4 Å². The molecule has 4 nitrogen and oxygen atoms in total. The van der Waals surface area contributed by atoms with E-state index < -0.39 is 0 Å². The van der Waals surface area contributed by atoms with Gasteiger partial charge in [-0.2, -0.15) is 10.5 Å². The number of thioether (sulfide) groups is 1. The average molecular weight is 334 g/mol. The van der Waals surface area contributed by atoms with Gasteiger partial charge >= 0.3 is 0 Å². The van der Waals surface area contributed by atoms with E-state index >= 15 is 0 Å². The molecule has 2 aromatic rings. The summed E-state index contributed by atoms with van der Waals surface area (Å²) in [5, 5.41) is 20.4. The topological polar surface area (TPSA) is 86.5 Å². The Bertz CT molecular complexity index is 812. The Hall–Kier alpha value is -2.50. The zero-order valence-electron chi connectivity index (χ0n) is 13.3. The third-order valence-corrected chi connectivity index (χ3v) is 5.63. The molecule has 1 aromatic carbocycles. The molecule has 2 N–H and O–H groups in total. The summed E-state index contributed by atoms with van der Waals surface area (Å²) in [6.45, 7) is 0. The summed E-state index contributed by atoms with van der Waals surface area (Å²) < 4.78 is 0. The Morgan fingerprint density at radius 1 is 1.00 bits per heavy atom. The molecule has 120 valence electrons. The zero-order chi connectivity index (χ0) is 16.9. The fraction of sp³-hybridized carbons (Fsp3) is 0.316. The maximum atomic E-state index is 9.75.